The molecule has 1 aliphatic heterocycles. The van der Waals surface area contributed by atoms with Gasteiger partial charge in [0.2, 0.25) is 5.91 Å². The number of rotatable bonds is 11. The molecule has 2 unspecified atom stereocenters. The molecular formula is C26H35F3N2O4. The number of allylic oxidation sites excluding steroid dienone is 3. The molecule has 2 aliphatic rings. The number of aliphatic hydroxyl groups excluding tert-OH is 1. The van der Waals surface area contributed by atoms with Crippen molar-refractivity contribution in [3.05, 3.63) is 59.4 Å². The number of alkyl halides is 3. The molecule has 1 aliphatic carbocycles. The van der Waals surface area contributed by atoms with Crippen LogP contribution in [0.2, 0.25) is 0 Å². The summed E-state index contributed by atoms with van der Waals surface area (Å²) in [5.74, 6) is -1.08. The first-order valence-electron chi connectivity index (χ1n) is 12.1. The highest BCUT2D eigenvalue weighted by Crippen LogP contribution is 2.30. The molecule has 0 spiro atoms. The third-order valence-electron chi connectivity index (χ3n) is 6.56. The number of hydrogen-bond donors (Lipinski definition) is 2. The Bertz CT molecular complexity index is 880. The van der Waals surface area contributed by atoms with Gasteiger partial charge in [-0.05, 0) is 67.5 Å². The Hall–Kier alpha value is -2.36. The molecule has 2 N–H and O–H groups in total. The van der Waals surface area contributed by atoms with Crippen molar-refractivity contribution in [1.29, 1.82) is 0 Å². The van der Waals surface area contributed by atoms with Crippen molar-refractivity contribution >= 4 is 5.91 Å². The van der Waals surface area contributed by atoms with E-state index >= 15 is 0 Å². The average molecular weight is 497 g/mol. The molecule has 1 aromatic rings. The van der Waals surface area contributed by atoms with Gasteiger partial charge in [0.1, 0.15) is 11.9 Å². The van der Waals surface area contributed by atoms with Crippen molar-refractivity contribution in [2.45, 2.75) is 51.1 Å². The largest absolute Gasteiger partial charge is 0.573 e. The summed E-state index contributed by atoms with van der Waals surface area (Å²) in [6.45, 7) is 4.73. The Labute approximate surface area is 204 Å². The smallest absolute Gasteiger partial charge is 0.406 e. The fraction of sp³-hybridized carbons (Fsp3) is 0.577. The first kappa shape index (κ1) is 27.2. The van der Waals surface area contributed by atoms with Gasteiger partial charge in [0.15, 0.2) is 0 Å². The van der Waals surface area contributed by atoms with Crippen LogP contribution in [0.5, 0.6) is 0 Å². The van der Waals surface area contributed by atoms with Gasteiger partial charge in [0.25, 0.3) is 0 Å². The number of halogens is 3. The van der Waals surface area contributed by atoms with E-state index in [1.165, 1.54) is 12.2 Å². The maximum Gasteiger partial charge on any atom is 0.573 e. The van der Waals surface area contributed by atoms with Gasteiger partial charge in [-0.25, -0.2) is 0 Å². The summed E-state index contributed by atoms with van der Waals surface area (Å²) in [6, 6.07) is 7.14. The van der Waals surface area contributed by atoms with E-state index in [2.05, 4.69) is 15.0 Å². The number of aliphatic hydroxyl groups is 1. The average Bonchev–Trinajstić information content (AvgIpc) is 3.31. The molecule has 1 saturated heterocycles. The van der Waals surface area contributed by atoms with Crippen molar-refractivity contribution in [1.82, 2.24) is 10.2 Å². The molecule has 194 valence electrons. The first-order chi connectivity index (χ1) is 16.6. The number of likely N-dealkylation sites (tertiary alicyclic amines) is 1. The van der Waals surface area contributed by atoms with Crippen LogP contribution in [0, 0.1) is 11.8 Å². The van der Waals surface area contributed by atoms with Crippen LogP contribution in [-0.4, -0.2) is 61.7 Å². The van der Waals surface area contributed by atoms with E-state index in [9.17, 15) is 23.1 Å². The molecule has 0 bridgehead atoms. The topological polar surface area (TPSA) is 71.0 Å². The number of amides is 1. The number of carbonyl (C=O) groups is 1. The Morgan fingerprint density at radius 3 is 2.51 bits per heavy atom. The third-order valence-corrected chi connectivity index (χ3v) is 6.56. The highest BCUT2D eigenvalue weighted by Gasteiger charge is 2.33. The second-order valence-corrected chi connectivity index (χ2v) is 9.31. The fourth-order valence-corrected chi connectivity index (χ4v) is 4.57. The minimum atomic E-state index is -4.75. The number of nitrogens with one attached hydrogen (secondary N) is 1. The molecule has 1 heterocycles. The van der Waals surface area contributed by atoms with Gasteiger partial charge in [-0.2, -0.15) is 0 Å². The number of carbonyl (C=O) groups excluding carboxylic acids is 1. The molecule has 1 amide bonds. The standard InChI is InChI=1S/C26H35F3N2O4/c1-18-15-22(35-26(27,28)29)10-9-21(18)16-24(32)30-23(17-31-12-3-4-13-31)25(33)20-7-5-19(6-8-20)11-14-34-2/h5-10,15,18,21,23,25,33H,3-4,11-14,16-17H2,1-2H3,(H,30,32)/t18?,21?,23-,25-/m1/s1. The minimum Gasteiger partial charge on any atom is -0.406 e. The predicted molar refractivity (Wildman–Crippen MR) is 126 cm³/mol. The van der Waals surface area contributed by atoms with Gasteiger partial charge in [-0.15, -0.1) is 13.2 Å². The highest BCUT2D eigenvalue weighted by molar-refractivity contribution is 5.77. The van der Waals surface area contributed by atoms with Gasteiger partial charge in [0, 0.05) is 20.1 Å². The zero-order valence-corrected chi connectivity index (χ0v) is 20.3. The lowest BCUT2D eigenvalue weighted by atomic mass is 9.86. The predicted octanol–water partition coefficient (Wildman–Crippen LogP) is 4.12. The monoisotopic (exact) mass is 496 g/mol. The van der Waals surface area contributed by atoms with E-state index in [0.29, 0.717) is 13.2 Å². The van der Waals surface area contributed by atoms with Crippen LogP contribution < -0.4 is 5.32 Å². The van der Waals surface area contributed by atoms with Gasteiger partial charge in [0.05, 0.1) is 12.6 Å². The second-order valence-electron chi connectivity index (χ2n) is 9.31. The van der Waals surface area contributed by atoms with E-state index < -0.39 is 18.5 Å². The number of ether oxygens (including phenoxy) is 2. The first-order valence-corrected chi connectivity index (χ1v) is 12.1. The number of nitrogens with zero attached hydrogens (tertiary/aromatic N) is 1. The summed E-state index contributed by atoms with van der Waals surface area (Å²) in [5.41, 5.74) is 1.82. The van der Waals surface area contributed by atoms with Crippen LogP contribution >= 0.6 is 0 Å². The summed E-state index contributed by atoms with van der Waals surface area (Å²) in [4.78, 5) is 15.2. The number of benzene rings is 1. The fourth-order valence-electron chi connectivity index (χ4n) is 4.57. The molecular weight excluding hydrogens is 461 g/mol. The van der Waals surface area contributed by atoms with Crippen molar-refractivity contribution in [2.75, 3.05) is 33.4 Å². The summed E-state index contributed by atoms with van der Waals surface area (Å²) < 4.78 is 46.5. The summed E-state index contributed by atoms with van der Waals surface area (Å²) in [5, 5.41) is 14.1. The van der Waals surface area contributed by atoms with Crippen LogP contribution in [-0.2, 0) is 20.7 Å². The SMILES string of the molecule is COCCc1ccc([C@@H](O)[C@@H](CN2CCCC2)NC(=O)CC2C=CC(OC(F)(F)F)=CC2C)cc1. The molecule has 0 saturated carbocycles. The Kier molecular flexibility index (Phi) is 9.77. The van der Waals surface area contributed by atoms with Gasteiger partial charge in [-0.1, -0.05) is 37.3 Å². The Morgan fingerprint density at radius 2 is 1.91 bits per heavy atom. The van der Waals surface area contributed by atoms with E-state index in [4.69, 9.17) is 4.74 Å². The number of methoxy groups -OCH3 is 1. The van der Waals surface area contributed by atoms with Crippen LogP contribution in [0.3, 0.4) is 0 Å². The highest BCUT2D eigenvalue weighted by atomic mass is 19.4. The van der Waals surface area contributed by atoms with E-state index in [1.54, 1.807) is 20.1 Å². The quantitative estimate of drug-likeness (QED) is 0.482. The lowest BCUT2D eigenvalue weighted by Gasteiger charge is -2.30. The summed E-state index contributed by atoms with van der Waals surface area (Å²) >= 11 is 0. The lowest BCUT2D eigenvalue weighted by molar-refractivity contribution is -0.303. The van der Waals surface area contributed by atoms with Crippen molar-refractivity contribution in [3.63, 3.8) is 0 Å². The molecule has 3 rings (SSSR count). The minimum absolute atomic E-state index is 0.104. The molecule has 35 heavy (non-hydrogen) atoms. The second kappa shape index (κ2) is 12.6. The maximum absolute atomic E-state index is 12.9. The van der Waals surface area contributed by atoms with E-state index in [-0.39, 0.29) is 29.9 Å². The number of hydrogen-bond acceptors (Lipinski definition) is 5. The van der Waals surface area contributed by atoms with Crippen LogP contribution in [0.25, 0.3) is 0 Å². The summed E-state index contributed by atoms with van der Waals surface area (Å²) in [7, 11) is 1.65. The van der Waals surface area contributed by atoms with Crippen LogP contribution in [0.1, 0.15) is 43.4 Å². The van der Waals surface area contributed by atoms with Crippen molar-refractivity contribution in [2.24, 2.45) is 11.8 Å². The molecule has 9 heteroatoms. The van der Waals surface area contributed by atoms with Crippen molar-refractivity contribution in [3.8, 4) is 0 Å². The molecule has 1 aromatic carbocycles. The zero-order chi connectivity index (χ0) is 25.4. The van der Waals surface area contributed by atoms with Crippen LogP contribution in [0.15, 0.2) is 48.3 Å². The van der Waals surface area contributed by atoms with Crippen molar-refractivity contribution < 1.29 is 32.5 Å². The molecule has 1 fully saturated rings. The van der Waals surface area contributed by atoms with E-state index in [0.717, 1.165) is 43.5 Å². The molecule has 0 radical (unpaired) electrons. The summed E-state index contributed by atoms with van der Waals surface area (Å²) in [6.07, 6.45) is 1.64. The zero-order valence-electron chi connectivity index (χ0n) is 20.3. The van der Waals surface area contributed by atoms with Gasteiger partial charge >= 0.3 is 6.36 Å². The normalized spacial score (nSPS) is 22.5. The maximum atomic E-state index is 12.9. The molecule has 0 aromatic heterocycles. The third kappa shape index (κ3) is 8.66. The van der Waals surface area contributed by atoms with Crippen LogP contribution in [0.4, 0.5) is 13.2 Å². The molecule has 4 atom stereocenters. The van der Waals surface area contributed by atoms with E-state index in [1.807, 2.05) is 24.3 Å². The lowest BCUT2D eigenvalue weighted by Crippen LogP contribution is -2.47. The van der Waals surface area contributed by atoms with Gasteiger partial charge in [-0.3, -0.25) is 4.79 Å². The van der Waals surface area contributed by atoms with Gasteiger partial charge < -0.3 is 24.8 Å². The molecule has 6 nitrogen and oxygen atoms in total. The Morgan fingerprint density at radius 1 is 1.23 bits per heavy atom. The Balaban J connectivity index is 1.63.